The van der Waals surface area contributed by atoms with Crippen molar-refractivity contribution < 1.29 is 9.53 Å². The molecule has 2 aromatic carbocycles. The minimum Gasteiger partial charge on any atom is -0.497 e. The number of hydrogen-bond donors (Lipinski definition) is 1. The summed E-state index contributed by atoms with van der Waals surface area (Å²) in [5.74, 6) is 0.703. The highest BCUT2D eigenvalue weighted by Crippen LogP contribution is 2.27. The van der Waals surface area contributed by atoms with Gasteiger partial charge in [-0.2, -0.15) is 0 Å². The van der Waals surface area contributed by atoms with Gasteiger partial charge in [-0.05, 0) is 49.6 Å². The van der Waals surface area contributed by atoms with Crippen molar-refractivity contribution in [3.8, 4) is 5.75 Å². The summed E-state index contributed by atoms with van der Waals surface area (Å²) in [6.45, 7) is 2.50. The number of carbonyl (C=O) groups excluding carboxylic acids is 1. The number of aromatic nitrogens is 3. The first-order valence-corrected chi connectivity index (χ1v) is 11.4. The number of fused-ring (bicyclic) bond motifs is 3. The van der Waals surface area contributed by atoms with Gasteiger partial charge in [0.05, 0.1) is 25.5 Å². The molecule has 1 N–H and O–H groups in total. The number of amides is 1. The van der Waals surface area contributed by atoms with Crippen molar-refractivity contribution in [2.24, 2.45) is 0 Å². The molecule has 7 heteroatoms. The van der Waals surface area contributed by atoms with Crippen LogP contribution in [0.5, 0.6) is 5.75 Å². The number of rotatable bonds is 6. The highest BCUT2D eigenvalue weighted by molar-refractivity contribution is 6.06. The van der Waals surface area contributed by atoms with Crippen molar-refractivity contribution in [1.82, 2.24) is 19.4 Å². The van der Waals surface area contributed by atoms with Gasteiger partial charge < -0.3 is 14.6 Å². The maximum atomic E-state index is 13.6. The van der Waals surface area contributed by atoms with Crippen molar-refractivity contribution in [2.75, 3.05) is 7.11 Å². The van der Waals surface area contributed by atoms with Crippen LogP contribution < -0.4 is 15.6 Å². The molecule has 0 aliphatic heterocycles. The van der Waals surface area contributed by atoms with Crippen LogP contribution in [0.2, 0.25) is 0 Å². The molecule has 1 amide bonds. The highest BCUT2D eigenvalue weighted by Gasteiger charge is 2.21. The Morgan fingerprint density at radius 2 is 1.91 bits per heavy atom. The first-order chi connectivity index (χ1) is 16.0. The predicted molar refractivity (Wildman–Crippen MR) is 129 cm³/mol. The lowest BCUT2D eigenvalue weighted by molar-refractivity contribution is -0.122. The number of aryl methyl sites for hydroxylation is 1. The zero-order valence-corrected chi connectivity index (χ0v) is 19.0. The molecule has 0 spiro atoms. The fourth-order valence-corrected chi connectivity index (χ4v) is 4.81. The van der Waals surface area contributed by atoms with E-state index in [0.29, 0.717) is 17.6 Å². The van der Waals surface area contributed by atoms with Gasteiger partial charge in [0.25, 0.3) is 5.56 Å². The van der Waals surface area contributed by atoms with E-state index in [1.165, 1.54) is 0 Å². The molecule has 0 unspecified atom stereocenters. The Labute approximate surface area is 192 Å². The number of carbonyl (C=O) groups is 1. The van der Waals surface area contributed by atoms with Crippen LogP contribution in [0.4, 0.5) is 0 Å². The molecule has 1 aliphatic carbocycles. The van der Waals surface area contributed by atoms with E-state index in [-0.39, 0.29) is 24.1 Å². The van der Waals surface area contributed by atoms with Gasteiger partial charge in [0.2, 0.25) is 5.91 Å². The first kappa shape index (κ1) is 21.2. The summed E-state index contributed by atoms with van der Waals surface area (Å²) in [4.78, 5) is 31.2. The summed E-state index contributed by atoms with van der Waals surface area (Å²) in [6.07, 6.45) is 5.95. The van der Waals surface area contributed by atoms with E-state index in [9.17, 15) is 9.59 Å². The molecule has 0 saturated heterocycles. The molecule has 0 radical (unpaired) electrons. The molecule has 33 heavy (non-hydrogen) atoms. The van der Waals surface area contributed by atoms with Gasteiger partial charge in [-0.1, -0.05) is 36.6 Å². The monoisotopic (exact) mass is 444 g/mol. The molecule has 1 saturated carbocycles. The lowest BCUT2D eigenvalue weighted by atomic mass is 10.1. The van der Waals surface area contributed by atoms with Crippen molar-refractivity contribution in [1.29, 1.82) is 0 Å². The second-order valence-electron chi connectivity index (χ2n) is 8.88. The second-order valence-corrected chi connectivity index (χ2v) is 8.88. The average molecular weight is 445 g/mol. The average Bonchev–Trinajstić information content (AvgIpc) is 3.42. The van der Waals surface area contributed by atoms with Gasteiger partial charge in [-0.3, -0.25) is 14.2 Å². The molecule has 0 bridgehead atoms. The van der Waals surface area contributed by atoms with Gasteiger partial charge in [0.15, 0.2) is 0 Å². The maximum absolute atomic E-state index is 13.6. The summed E-state index contributed by atoms with van der Waals surface area (Å²) in [6, 6.07) is 13.9. The quantitative estimate of drug-likeness (QED) is 0.491. The Bertz CT molecular complexity index is 1380. The zero-order chi connectivity index (χ0) is 22.9. The van der Waals surface area contributed by atoms with Crippen LogP contribution in [0.3, 0.4) is 0 Å². The Balaban J connectivity index is 1.57. The number of nitrogens with one attached hydrogen (secondary N) is 1. The summed E-state index contributed by atoms with van der Waals surface area (Å²) < 4.78 is 8.65. The minimum absolute atomic E-state index is 0.0637. The fraction of sp³-hybridized carbons (Fsp3) is 0.346. The topological polar surface area (TPSA) is 78.2 Å². The van der Waals surface area contributed by atoms with Gasteiger partial charge in [0, 0.05) is 11.4 Å². The van der Waals surface area contributed by atoms with E-state index < -0.39 is 0 Å². The minimum atomic E-state index is -0.154. The van der Waals surface area contributed by atoms with Crippen LogP contribution in [0.1, 0.15) is 36.8 Å². The summed E-state index contributed by atoms with van der Waals surface area (Å²) in [7, 11) is 1.63. The summed E-state index contributed by atoms with van der Waals surface area (Å²) >= 11 is 0. The molecule has 5 rings (SSSR count). The molecule has 170 valence electrons. The van der Waals surface area contributed by atoms with Crippen LogP contribution in [0.15, 0.2) is 53.6 Å². The van der Waals surface area contributed by atoms with Crippen LogP contribution in [-0.4, -0.2) is 33.2 Å². The lowest BCUT2D eigenvalue weighted by Gasteiger charge is -2.13. The Kier molecular flexibility index (Phi) is 5.62. The number of benzene rings is 2. The fourth-order valence-electron chi connectivity index (χ4n) is 4.81. The van der Waals surface area contributed by atoms with Crippen LogP contribution in [0, 0.1) is 6.92 Å². The van der Waals surface area contributed by atoms with Crippen molar-refractivity contribution in [3.63, 3.8) is 0 Å². The summed E-state index contributed by atoms with van der Waals surface area (Å²) in [5, 5.41) is 4.04. The van der Waals surface area contributed by atoms with E-state index in [1.807, 2.05) is 54.0 Å². The normalized spacial score (nSPS) is 14.2. The van der Waals surface area contributed by atoms with Crippen LogP contribution in [0.25, 0.3) is 21.9 Å². The predicted octanol–water partition coefficient (Wildman–Crippen LogP) is 3.78. The molecule has 0 atom stereocenters. The third kappa shape index (κ3) is 4.11. The van der Waals surface area contributed by atoms with E-state index in [2.05, 4.69) is 10.3 Å². The largest absolute Gasteiger partial charge is 0.497 e. The van der Waals surface area contributed by atoms with E-state index in [4.69, 9.17) is 4.74 Å². The number of ether oxygens (including phenoxy) is 1. The lowest BCUT2D eigenvalue weighted by Crippen LogP contribution is -2.35. The van der Waals surface area contributed by atoms with Crippen molar-refractivity contribution in [3.05, 3.63) is 70.3 Å². The standard InChI is InChI=1S/C26H28N4O3/c1-17-7-12-22-21(13-17)24-25(30(22)15-23(31)28-19-5-3-4-6-19)26(32)29(16-27-24)14-18-8-10-20(33-2)11-9-18/h7-13,16,19H,3-6,14-15H2,1-2H3,(H,28,31). The van der Waals surface area contributed by atoms with Gasteiger partial charge in [-0.15, -0.1) is 0 Å². The third-order valence-corrected chi connectivity index (χ3v) is 6.52. The maximum Gasteiger partial charge on any atom is 0.278 e. The van der Waals surface area contributed by atoms with Crippen LogP contribution >= 0.6 is 0 Å². The zero-order valence-electron chi connectivity index (χ0n) is 19.0. The van der Waals surface area contributed by atoms with Gasteiger partial charge in [-0.25, -0.2) is 4.98 Å². The van der Waals surface area contributed by atoms with Gasteiger partial charge >= 0.3 is 0 Å². The molecule has 1 fully saturated rings. The van der Waals surface area contributed by atoms with E-state index in [0.717, 1.165) is 53.5 Å². The molecule has 4 aromatic rings. The Hall–Kier alpha value is -3.61. The Morgan fingerprint density at radius 3 is 2.64 bits per heavy atom. The number of methoxy groups -OCH3 is 1. The Morgan fingerprint density at radius 1 is 1.15 bits per heavy atom. The molecule has 7 nitrogen and oxygen atoms in total. The van der Waals surface area contributed by atoms with E-state index >= 15 is 0 Å². The first-order valence-electron chi connectivity index (χ1n) is 11.4. The number of hydrogen-bond acceptors (Lipinski definition) is 4. The molecular formula is C26H28N4O3. The SMILES string of the molecule is COc1ccc(Cn2cnc3c4cc(C)ccc4n(CC(=O)NC4CCCC4)c3c2=O)cc1. The van der Waals surface area contributed by atoms with Crippen LogP contribution in [-0.2, 0) is 17.9 Å². The molecule has 2 heterocycles. The third-order valence-electron chi connectivity index (χ3n) is 6.52. The second kappa shape index (κ2) is 8.73. The van der Waals surface area contributed by atoms with Crippen molar-refractivity contribution >= 4 is 27.8 Å². The van der Waals surface area contributed by atoms with Gasteiger partial charge in [0.1, 0.15) is 23.3 Å². The molecular weight excluding hydrogens is 416 g/mol. The van der Waals surface area contributed by atoms with E-state index in [1.54, 1.807) is 18.0 Å². The molecule has 2 aromatic heterocycles. The number of nitrogens with zero attached hydrogens (tertiary/aromatic N) is 3. The molecule has 1 aliphatic rings. The summed E-state index contributed by atoms with van der Waals surface area (Å²) in [5.41, 5.74) is 3.85. The smallest absolute Gasteiger partial charge is 0.278 e. The highest BCUT2D eigenvalue weighted by atomic mass is 16.5. The van der Waals surface area contributed by atoms with Crippen molar-refractivity contribution in [2.45, 2.75) is 51.7 Å².